The van der Waals surface area contributed by atoms with Crippen LogP contribution in [0.3, 0.4) is 0 Å². The van der Waals surface area contributed by atoms with E-state index < -0.39 is 10.0 Å². The van der Waals surface area contributed by atoms with E-state index in [0.717, 1.165) is 45.7 Å². The summed E-state index contributed by atoms with van der Waals surface area (Å²) in [4.78, 5) is 2.38. The summed E-state index contributed by atoms with van der Waals surface area (Å²) in [6, 6.07) is 0.382. The molecule has 0 aliphatic carbocycles. The summed E-state index contributed by atoms with van der Waals surface area (Å²) < 4.78 is 32.1. The van der Waals surface area contributed by atoms with Gasteiger partial charge in [0.05, 0.1) is 18.5 Å². The number of nitrogens with one attached hydrogen (secondary N) is 1. The molecule has 0 radical (unpaired) electrons. The second kappa shape index (κ2) is 5.65. The maximum absolute atomic E-state index is 12.5. The van der Waals surface area contributed by atoms with Crippen LogP contribution in [-0.4, -0.2) is 81.4 Å². The van der Waals surface area contributed by atoms with Crippen LogP contribution in [0.2, 0.25) is 0 Å². The van der Waals surface area contributed by atoms with Gasteiger partial charge in [0.1, 0.15) is 0 Å². The Morgan fingerprint density at radius 3 is 2.58 bits per heavy atom. The smallest absolute Gasteiger partial charge is 0.218 e. The van der Waals surface area contributed by atoms with Crippen LogP contribution in [0, 0.1) is 0 Å². The van der Waals surface area contributed by atoms with Crippen LogP contribution in [0.5, 0.6) is 0 Å². The largest absolute Gasteiger partial charge is 0.379 e. The van der Waals surface area contributed by atoms with Gasteiger partial charge in [-0.1, -0.05) is 0 Å². The molecule has 0 aromatic heterocycles. The number of sulfonamides is 1. The van der Waals surface area contributed by atoms with Crippen molar-refractivity contribution >= 4 is 10.0 Å². The van der Waals surface area contributed by atoms with E-state index in [1.54, 1.807) is 4.31 Å². The lowest BCUT2D eigenvalue weighted by molar-refractivity contribution is 0.0196. The predicted octanol–water partition coefficient (Wildman–Crippen LogP) is -0.915. The third-order valence-electron chi connectivity index (χ3n) is 4.48. The van der Waals surface area contributed by atoms with E-state index in [-0.39, 0.29) is 5.25 Å². The first-order valence-corrected chi connectivity index (χ1v) is 8.70. The van der Waals surface area contributed by atoms with Crippen LogP contribution < -0.4 is 5.32 Å². The van der Waals surface area contributed by atoms with Crippen molar-refractivity contribution in [2.75, 3.05) is 52.5 Å². The van der Waals surface area contributed by atoms with E-state index in [1.165, 1.54) is 0 Å². The maximum Gasteiger partial charge on any atom is 0.218 e. The lowest BCUT2D eigenvalue weighted by atomic mass is 10.2. The first-order chi connectivity index (χ1) is 9.18. The van der Waals surface area contributed by atoms with Crippen LogP contribution in [-0.2, 0) is 14.8 Å². The van der Waals surface area contributed by atoms with Gasteiger partial charge in [0.25, 0.3) is 0 Å². The Labute approximate surface area is 115 Å². The molecule has 3 aliphatic rings. The van der Waals surface area contributed by atoms with Crippen LogP contribution in [0.25, 0.3) is 0 Å². The molecule has 0 amide bonds. The molecular weight excluding hydrogens is 266 g/mol. The lowest BCUT2D eigenvalue weighted by Gasteiger charge is -2.32. The number of rotatable bonds is 3. The maximum atomic E-state index is 12.5. The molecule has 0 aromatic carbocycles. The molecule has 110 valence electrons. The Bertz CT molecular complexity index is 402. The molecule has 3 saturated heterocycles. The third kappa shape index (κ3) is 2.80. The fraction of sp³-hybridized carbons (Fsp3) is 1.00. The SMILES string of the molecule is O=S(=O)(C1CCNC1)N1CCC(N2CCOCC2)C1. The number of ether oxygens (including phenoxy) is 1. The predicted molar refractivity (Wildman–Crippen MR) is 72.6 cm³/mol. The van der Waals surface area contributed by atoms with Crippen molar-refractivity contribution in [3.8, 4) is 0 Å². The number of hydrogen-bond donors (Lipinski definition) is 1. The molecule has 2 unspecified atom stereocenters. The van der Waals surface area contributed by atoms with E-state index in [1.807, 2.05) is 0 Å². The normalized spacial score (nSPS) is 34.9. The standard InChI is InChI=1S/C12H23N3O3S/c16-19(17,12-1-3-13-9-12)15-4-2-11(10-15)14-5-7-18-8-6-14/h11-13H,1-10H2. The zero-order chi connectivity index (χ0) is 13.3. The molecule has 3 fully saturated rings. The quantitative estimate of drug-likeness (QED) is 0.728. The topological polar surface area (TPSA) is 61.9 Å². The van der Waals surface area contributed by atoms with Gasteiger partial charge in [-0.25, -0.2) is 12.7 Å². The van der Waals surface area contributed by atoms with Gasteiger partial charge in [0, 0.05) is 38.8 Å². The van der Waals surface area contributed by atoms with Crippen LogP contribution in [0.1, 0.15) is 12.8 Å². The average Bonchev–Trinajstić information content (AvgIpc) is 3.12. The van der Waals surface area contributed by atoms with Gasteiger partial charge in [-0.3, -0.25) is 4.90 Å². The van der Waals surface area contributed by atoms with E-state index in [9.17, 15) is 8.42 Å². The van der Waals surface area contributed by atoms with Crippen LogP contribution in [0.15, 0.2) is 0 Å². The Kier molecular flexibility index (Phi) is 4.09. The number of morpholine rings is 1. The first kappa shape index (κ1) is 13.8. The molecule has 7 heteroatoms. The van der Waals surface area contributed by atoms with Crippen molar-refractivity contribution < 1.29 is 13.2 Å². The molecule has 0 spiro atoms. The molecule has 0 saturated carbocycles. The second-order valence-corrected chi connectivity index (χ2v) is 7.82. The van der Waals surface area contributed by atoms with Crippen molar-refractivity contribution in [3.05, 3.63) is 0 Å². The van der Waals surface area contributed by atoms with Crippen molar-refractivity contribution in [2.24, 2.45) is 0 Å². The van der Waals surface area contributed by atoms with Gasteiger partial charge in [-0.15, -0.1) is 0 Å². The number of hydrogen-bond acceptors (Lipinski definition) is 5. The Morgan fingerprint density at radius 1 is 1.11 bits per heavy atom. The molecule has 19 heavy (non-hydrogen) atoms. The lowest BCUT2D eigenvalue weighted by Crippen LogP contribution is -2.46. The Morgan fingerprint density at radius 2 is 1.89 bits per heavy atom. The van der Waals surface area contributed by atoms with Gasteiger partial charge in [-0.2, -0.15) is 0 Å². The molecule has 0 bridgehead atoms. The van der Waals surface area contributed by atoms with E-state index >= 15 is 0 Å². The van der Waals surface area contributed by atoms with Crippen molar-refractivity contribution in [1.29, 1.82) is 0 Å². The zero-order valence-corrected chi connectivity index (χ0v) is 12.1. The Balaban J connectivity index is 1.61. The van der Waals surface area contributed by atoms with E-state index in [2.05, 4.69) is 10.2 Å². The molecule has 0 aromatic rings. The van der Waals surface area contributed by atoms with Crippen molar-refractivity contribution in [2.45, 2.75) is 24.1 Å². The van der Waals surface area contributed by atoms with Gasteiger partial charge < -0.3 is 10.1 Å². The highest BCUT2D eigenvalue weighted by atomic mass is 32.2. The average molecular weight is 289 g/mol. The highest BCUT2D eigenvalue weighted by molar-refractivity contribution is 7.89. The molecule has 3 aliphatic heterocycles. The zero-order valence-electron chi connectivity index (χ0n) is 11.3. The van der Waals surface area contributed by atoms with Crippen LogP contribution in [0.4, 0.5) is 0 Å². The molecule has 6 nitrogen and oxygen atoms in total. The minimum Gasteiger partial charge on any atom is -0.379 e. The molecule has 2 atom stereocenters. The highest BCUT2D eigenvalue weighted by Crippen LogP contribution is 2.23. The first-order valence-electron chi connectivity index (χ1n) is 7.19. The summed E-state index contributed by atoms with van der Waals surface area (Å²) in [6.07, 6.45) is 1.71. The highest BCUT2D eigenvalue weighted by Gasteiger charge is 2.39. The fourth-order valence-electron chi connectivity index (χ4n) is 3.28. The van der Waals surface area contributed by atoms with Gasteiger partial charge in [-0.05, 0) is 19.4 Å². The summed E-state index contributed by atoms with van der Waals surface area (Å²) in [6.45, 7) is 6.20. The van der Waals surface area contributed by atoms with E-state index in [0.29, 0.717) is 25.7 Å². The Hall–Kier alpha value is -0.210. The summed E-state index contributed by atoms with van der Waals surface area (Å²) in [5, 5.41) is 2.93. The minimum absolute atomic E-state index is 0.212. The van der Waals surface area contributed by atoms with Gasteiger partial charge >= 0.3 is 0 Å². The van der Waals surface area contributed by atoms with Crippen molar-refractivity contribution in [1.82, 2.24) is 14.5 Å². The summed E-state index contributed by atoms with van der Waals surface area (Å²) in [7, 11) is -3.10. The van der Waals surface area contributed by atoms with Crippen LogP contribution >= 0.6 is 0 Å². The fourth-order valence-corrected chi connectivity index (χ4v) is 5.18. The summed E-state index contributed by atoms with van der Waals surface area (Å²) >= 11 is 0. The second-order valence-electron chi connectivity index (χ2n) is 5.61. The summed E-state index contributed by atoms with van der Waals surface area (Å²) in [5.41, 5.74) is 0. The molecule has 3 rings (SSSR count). The third-order valence-corrected chi connectivity index (χ3v) is 6.78. The van der Waals surface area contributed by atoms with Crippen molar-refractivity contribution in [3.63, 3.8) is 0 Å². The molecular formula is C12H23N3O3S. The number of nitrogens with zero attached hydrogens (tertiary/aromatic N) is 2. The van der Waals surface area contributed by atoms with Gasteiger partial charge in [0.2, 0.25) is 10.0 Å². The summed E-state index contributed by atoms with van der Waals surface area (Å²) in [5.74, 6) is 0. The monoisotopic (exact) mass is 289 g/mol. The molecule has 1 N–H and O–H groups in total. The molecule has 3 heterocycles. The van der Waals surface area contributed by atoms with E-state index in [4.69, 9.17) is 4.74 Å². The minimum atomic E-state index is -3.10. The van der Waals surface area contributed by atoms with Gasteiger partial charge in [0.15, 0.2) is 0 Å².